The van der Waals surface area contributed by atoms with Crippen molar-refractivity contribution in [3.05, 3.63) is 24.3 Å². The first-order valence-corrected chi connectivity index (χ1v) is 11.4. The molecule has 0 aliphatic carbocycles. The molecular weight excluding hydrogens is 203 g/mol. The van der Waals surface area contributed by atoms with Crippen LogP contribution in [0.25, 0.3) is 0 Å². The molecule has 2 heteroatoms. The Morgan fingerprint density at radius 1 is 1.07 bits per heavy atom. The normalized spacial score (nSPS) is 12.9. The summed E-state index contributed by atoms with van der Waals surface area (Å²) in [7, 11) is -1.20. The SMILES string of the molecule is C=P(C)(C)c1ccccc1[Si](C)(C)C. The molecule has 0 aromatic heterocycles. The number of benzene rings is 1. The predicted molar refractivity (Wildman–Crippen MR) is 74.9 cm³/mol. The summed E-state index contributed by atoms with van der Waals surface area (Å²) >= 11 is 0. The maximum absolute atomic E-state index is 4.35. The van der Waals surface area contributed by atoms with Gasteiger partial charge in [-0.15, -0.1) is 0 Å². The van der Waals surface area contributed by atoms with Gasteiger partial charge in [-0.1, -0.05) is 62.3 Å². The molecule has 0 amide bonds. The molecule has 14 heavy (non-hydrogen) atoms. The molecule has 0 nitrogen and oxygen atoms in total. The van der Waals surface area contributed by atoms with Gasteiger partial charge in [0.1, 0.15) is 0 Å². The van der Waals surface area contributed by atoms with Gasteiger partial charge >= 0.3 is 0 Å². The zero-order chi connectivity index (χ0) is 11.0. The van der Waals surface area contributed by atoms with Crippen molar-refractivity contribution in [2.24, 2.45) is 0 Å². The Morgan fingerprint density at radius 2 is 1.57 bits per heavy atom. The summed E-state index contributed by atoms with van der Waals surface area (Å²) in [4.78, 5) is 0. The van der Waals surface area contributed by atoms with E-state index in [1.54, 1.807) is 5.19 Å². The summed E-state index contributed by atoms with van der Waals surface area (Å²) in [5, 5.41) is 3.12. The van der Waals surface area contributed by atoms with Gasteiger partial charge in [-0.3, -0.25) is 0 Å². The minimum Gasteiger partial charge on any atom is -0.0971 e. The van der Waals surface area contributed by atoms with Crippen molar-refractivity contribution in [1.29, 1.82) is 0 Å². The smallest absolute Gasteiger partial charge is 0.0784 e. The highest BCUT2D eigenvalue weighted by atomic mass is 31.2. The van der Waals surface area contributed by atoms with E-state index in [0.29, 0.717) is 0 Å². The van der Waals surface area contributed by atoms with Crippen LogP contribution in [0, 0.1) is 0 Å². The lowest BCUT2D eigenvalue weighted by atomic mass is 10.4. The van der Waals surface area contributed by atoms with Gasteiger partial charge in [-0.05, 0) is 18.6 Å². The van der Waals surface area contributed by atoms with Gasteiger partial charge in [0.2, 0.25) is 0 Å². The molecule has 1 rings (SSSR count). The lowest BCUT2D eigenvalue weighted by Crippen LogP contribution is -2.46. The van der Waals surface area contributed by atoms with Crippen molar-refractivity contribution in [3.63, 3.8) is 0 Å². The van der Waals surface area contributed by atoms with Crippen LogP contribution in [-0.4, -0.2) is 27.7 Å². The highest BCUT2D eigenvalue weighted by Gasteiger charge is 2.21. The first-order chi connectivity index (χ1) is 6.23. The third kappa shape index (κ3) is 2.62. The zero-order valence-corrected chi connectivity index (χ0v) is 11.9. The van der Waals surface area contributed by atoms with Gasteiger partial charge in [0.05, 0.1) is 8.07 Å². The lowest BCUT2D eigenvalue weighted by Gasteiger charge is -2.25. The van der Waals surface area contributed by atoms with Crippen molar-refractivity contribution in [3.8, 4) is 0 Å². The van der Waals surface area contributed by atoms with Crippen LogP contribution in [0.1, 0.15) is 0 Å². The minimum atomic E-state index is -1.20. The molecule has 0 radical (unpaired) electrons. The van der Waals surface area contributed by atoms with E-state index in [0.717, 1.165) is 0 Å². The second-order valence-corrected chi connectivity index (χ2v) is 14.3. The molecule has 0 N–H and O–H groups in total. The van der Waals surface area contributed by atoms with Crippen LogP contribution in [-0.2, 0) is 0 Å². The van der Waals surface area contributed by atoms with Crippen molar-refractivity contribution < 1.29 is 0 Å². The minimum absolute atomic E-state index is 1.12. The number of hydrogen-bond donors (Lipinski definition) is 0. The van der Waals surface area contributed by atoms with Crippen molar-refractivity contribution in [2.75, 3.05) is 13.3 Å². The van der Waals surface area contributed by atoms with E-state index >= 15 is 0 Å². The molecule has 1 aromatic rings. The van der Waals surface area contributed by atoms with Crippen LogP contribution in [0.4, 0.5) is 0 Å². The molecule has 0 saturated carbocycles. The Labute approximate surface area is 89.3 Å². The van der Waals surface area contributed by atoms with Crippen LogP contribution >= 0.6 is 6.89 Å². The third-order valence-electron chi connectivity index (χ3n) is 2.36. The van der Waals surface area contributed by atoms with E-state index in [2.05, 4.69) is 63.5 Å². The van der Waals surface area contributed by atoms with Crippen LogP contribution < -0.4 is 10.5 Å². The van der Waals surface area contributed by atoms with E-state index in [1.165, 1.54) is 5.30 Å². The highest BCUT2D eigenvalue weighted by Crippen LogP contribution is 2.33. The fourth-order valence-electron chi connectivity index (χ4n) is 1.64. The Hall–Kier alpha value is -0.263. The summed E-state index contributed by atoms with van der Waals surface area (Å²) in [5.74, 6) is 0. The van der Waals surface area contributed by atoms with Gasteiger partial charge in [-0.25, -0.2) is 0 Å². The third-order valence-corrected chi connectivity index (χ3v) is 6.32. The standard InChI is InChI=1S/C12H21PSi/c1-13(2,3)11-9-7-8-10-12(11)14(4,5)6/h7-10H,1H2,2-6H3. The first kappa shape index (κ1) is 11.8. The van der Waals surface area contributed by atoms with Gasteiger partial charge < -0.3 is 0 Å². The molecule has 0 heterocycles. The van der Waals surface area contributed by atoms with E-state index in [4.69, 9.17) is 0 Å². The summed E-state index contributed by atoms with van der Waals surface area (Å²) in [6, 6.07) is 8.88. The van der Waals surface area contributed by atoms with E-state index in [9.17, 15) is 0 Å². The largest absolute Gasteiger partial charge is 0.0971 e. The van der Waals surface area contributed by atoms with Crippen LogP contribution in [0.15, 0.2) is 24.3 Å². The van der Waals surface area contributed by atoms with Crippen LogP contribution in [0.5, 0.6) is 0 Å². The molecule has 0 fully saturated rings. The maximum Gasteiger partial charge on any atom is 0.0784 e. The molecule has 0 saturated heterocycles. The average molecular weight is 224 g/mol. The Kier molecular flexibility index (Phi) is 3.13. The highest BCUT2D eigenvalue weighted by molar-refractivity contribution is 7.79. The molecule has 0 bridgehead atoms. The summed E-state index contributed by atoms with van der Waals surface area (Å²) in [6.07, 6.45) is 4.35. The Balaban J connectivity index is 3.39. The molecule has 0 aliphatic rings. The van der Waals surface area contributed by atoms with E-state index in [1.807, 2.05) is 0 Å². The van der Waals surface area contributed by atoms with Gasteiger partial charge in [0, 0.05) is 0 Å². The molecule has 78 valence electrons. The first-order valence-electron chi connectivity index (χ1n) is 5.01. The fraction of sp³-hybridized carbons (Fsp3) is 0.417. The second-order valence-electron chi connectivity index (χ2n) is 5.45. The summed E-state index contributed by atoms with van der Waals surface area (Å²) in [6.45, 7) is 10.7. The van der Waals surface area contributed by atoms with E-state index in [-0.39, 0.29) is 0 Å². The summed E-state index contributed by atoms with van der Waals surface area (Å²) < 4.78 is 0. The van der Waals surface area contributed by atoms with Gasteiger partial charge in [-0.2, -0.15) is 0 Å². The second kappa shape index (κ2) is 3.71. The summed E-state index contributed by atoms with van der Waals surface area (Å²) in [5.41, 5.74) is 0. The fourth-order valence-corrected chi connectivity index (χ4v) is 6.21. The zero-order valence-electron chi connectivity index (χ0n) is 9.96. The Bertz CT molecular complexity index is 368. The van der Waals surface area contributed by atoms with Crippen LogP contribution in [0.3, 0.4) is 0 Å². The molecule has 0 unspecified atom stereocenters. The van der Waals surface area contributed by atoms with Gasteiger partial charge in [0.25, 0.3) is 0 Å². The topological polar surface area (TPSA) is 0 Å². The number of rotatable bonds is 2. The molecule has 0 aliphatic heterocycles. The quantitative estimate of drug-likeness (QED) is 0.535. The van der Waals surface area contributed by atoms with E-state index < -0.39 is 15.0 Å². The average Bonchev–Trinajstić information content (AvgIpc) is 2.01. The van der Waals surface area contributed by atoms with Crippen molar-refractivity contribution in [1.82, 2.24) is 0 Å². The predicted octanol–water partition coefficient (Wildman–Crippen LogP) is 2.57. The van der Waals surface area contributed by atoms with Crippen LogP contribution in [0.2, 0.25) is 19.6 Å². The van der Waals surface area contributed by atoms with Crippen molar-refractivity contribution >= 4 is 31.8 Å². The maximum atomic E-state index is 4.35. The molecular formula is C12H21PSi. The van der Waals surface area contributed by atoms with Crippen molar-refractivity contribution in [2.45, 2.75) is 19.6 Å². The monoisotopic (exact) mass is 224 g/mol. The Morgan fingerprint density at radius 3 is 1.93 bits per heavy atom. The number of hydrogen-bond acceptors (Lipinski definition) is 0. The lowest BCUT2D eigenvalue weighted by molar-refractivity contribution is 1.71. The van der Waals surface area contributed by atoms with Gasteiger partial charge in [0.15, 0.2) is 0 Å². The molecule has 0 spiro atoms. The molecule has 0 atom stereocenters. The molecule has 1 aromatic carbocycles.